The molecule has 0 amide bonds. The number of hydrogen-bond acceptors (Lipinski definition) is 2. The molecule has 0 fully saturated rings. The van der Waals surface area contributed by atoms with Crippen LogP contribution in [-0.4, -0.2) is 20.7 Å². The largest absolute Gasteiger partial charge is 0.480 e. The number of carboxylic acids is 1. The van der Waals surface area contributed by atoms with E-state index in [2.05, 4.69) is 0 Å². The summed E-state index contributed by atoms with van der Waals surface area (Å²) in [5.41, 5.74) is 3.88. The Hall–Kier alpha value is -1.81. The van der Waals surface area contributed by atoms with Crippen LogP contribution in [0.1, 0.15) is 29.7 Å². The molecule has 96 valence electrons. The second-order valence-electron chi connectivity index (χ2n) is 4.74. The van der Waals surface area contributed by atoms with E-state index in [-0.39, 0.29) is 6.54 Å². The SMILES string of the molecule is Cc1cc2c(C(C)O)cn(CC(=O)O)c2cc1C. The molecule has 1 aromatic carbocycles. The summed E-state index contributed by atoms with van der Waals surface area (Å²) in [7, 11) is 0. The lowest BCUT2D eigenvalue weighted by Gasteiger charge is -2.05. The first-order chi connectivity index (χ1) is 8.40. The minimum absolute atomic E-state index is 0.0915. The van der Waals surface area contributed by atoms with Crippen molar-refractivity contribution in [3.63, 3.8) is 0 Å². The lowest BCUT2D eigenvalue weighted by molar-refractivity contribution is -0.137. The number of nitrogens with zero attached hydrogens (tertiary/aromatic N) is 1. The smallest absolute Gasteiger partial charge is 0.323 e. The summed E-state index contributed by atoms with van der Waals surface area (Å²) in [6.45, 7) is 5.60. The van der Waals surface area contributed by atoms with Gasteiger partial charge >= 0.3 is 5.97 Å². The molecular weight excluding hydrogens is 230 g/mol. The van der Waals surface area contributed by atoms with Crippen molar-refractivity contribution >= 4 is 16.9 Å². The minimum atomic E-state index is -0.887. The fourth-order valence-electron chi connectivity index (χ4n) is 2.19. The van der Waals surface area contributed by atoms with E-state index in [0.717, 1.165) is 27.6 Å². The van der Waals surface area contributed by atoms with Crippen LogP contribution >= 0.6 is 0 Å². The third kappa shape index (κ3) is 2.11. The Kier molecular flexibility index (Phi) is 3.13. The molecule has 0 spiro atoms. The average Bonchev–Trinajstić information content (AvgIpc) is 2.57. The van der Waals surface area contributed by atoms with Gasteiger partial charge in [-0.05, 0) is 44.0 Å². The van der Waals surface area contributed by atoms with Gasteiger partial charge < -0.3 is 14.8 Å². The van der Waals surface area contributed by atoms with E-state index >= 15 is 0 Å². The highest BCUT2D eigenvalue weighted by Crippen LogP contribution is 2.29. The monoisotopic (exact) mass is 247 g/mol. The lowest BCUT2D eigenvalue weighted by Crippen LogP contribution is -2.07. The van der Waals surface area contributed by atoms with Crippen molar-refractivity contribution in [3.05, 3.63) is 35.0 Å². The molecule has 4 nitrogen and oxygen atoms in total. The van der Waals surface area contributed by atoms with E-state index in [9.17, 15) is 9.90 Å². The maximum atomic E-state index is 10.9. The van der Waals surface area contributed by atoms with Gasteiger partial charge in [0.2, 0.25) is 0 Å². The molecule has 0 aliphatic rings. The predicted molar refractivity (Wildman–Crippen MR) is 69.7 cm³/mol. The second-order valence-corrected chi connectivity index (χ2v) is 4.74. The maximum Gasteiger partial charge on any atom is 0.323 e. The van der Waals surface area contributed by atoms with Crippen LogP contribution in [0.4, 0.5) is 0 Å². The van der Waals surface area contributed by atoms with Crippen LogP contribution < -0.4 is 0 Å². The van der Waals surface area contributed by atoms with E-state index < -0.39 is 12.1 Å². The predicted octanol–water partition coefficient (Wildman–Crippen LogP) is 2.40. The Labute approximate surface area is 105 Å². The fourth-order valence-corrected chi connectivity index (χ4v) is 2.19. The molecule has 0 radical (unpaired) electrons. The van der Waals surface area contributed by atoms with Crippen LogP contribution in [0.15, 0.2) is 18.3 Å². The van der Waals surface area contributed by atoms with Crippen LogP contribution in [0.3, 0.4) is 0 Å². The van der Waals surface area contributed by atoms with Crippen LogP contribution in [0.5, 0.6) is 0 Å². The first-order valence-electron chi connectivity index (χ1n) is 5.90. The number of aliphatic hydroxyl groups excluding tert-OH is 1. The Morgan fingerprint density at radius 3 is 2.50 bits per heavy atom. The van der Waals surface area contributed by atoms with Gasteiger partial charge in [0.25, 0.3) is 0 Å². The molecule has 2 aromatic rings. The topological polar surface area (TPSA) is 62.5 Å². The van der Waals surface area contributed by atoms with Crippen molar-refractivity contribution < 1.29 is 15.0 Å². The van der Waals surface area contributed by atoms with Gasteiger partial charge in [0, 0.05) is 22.7 Å². The first-order valence-corrected chi connectivity index (χ1v) is 5.90. The second kappa shape index (κ2) is 4.46. The molecule has 0 bridgehead atoms. The zero-order valence-electron chi connectivity index (χ0n) is 10.8. The molecule has 1 unspecified atom stereocenters. The van der Waals surface area contributed by atoms with E-state index in [1.165, 1.54) is 0 Å². The molecule has 1 aromatic heterocycles. The molecule has 1 heterocycles. The number of hydrogen-bond donors (Lipinski definition) is 2. The summed E-state index contributed by atoms with van der Waals surface area (Å²) < 4.78 is 1.67. The van der Waals surface area contributed by atoms with Crippen molar-refractivity contribution in [2.24, 2.45) is 0 Å². The Morgan fingerprint density at radius 1 is 1.33 bits per heavy atom. The van der Waals surface area contributed by atoms with Crippen molar-refractivity contribution in [2.45, 2.75) is 33.4 Å². The number of aromatic nitrogens is 1. The van der Waals surface area contributed by atoms with Crippen molar-refractivity contribution in [3.8, 4) is 0 Å². The normalized spacial score (nSPS) is 12.9. The standard InChI is InChI=1S/C14H17NO3/c1-8-4-11-12(10(3)16)6-15(7-14(17)18)13(11)5-9(8)2/h4-6,10,16H,7H2,1-3H3,(H,17,18). The molecule has 2 N–H and O–H groups in total. The van der Waals surface area contributed by atoms with Gasteiger partial charge in [0.05, 0.1) is 6.10 Å². The van der Waals surface area contributed by atoms with E-state index in [1.807, 2.05) is 26.0 Å². The van der Waals surface area contributed by atoms with Crippen LogP contribution in [0.2, 0.25) is 0 Å². The molecule has 18 heavy (non-hydrogen) atoms. The summed E-state index contributed by atoms with van der Waals surface area (Å²) in [6, 6.07) is 3.98. The number of aryl methyl sites for hydroxylation is 2. The molecule has 1 atom stereocenters. The molecule has 0 aliphatic carbocycles. The van der Waals surface area contributed by atoms with Gasteiger partial charge in [-0.2, -0.15) is 0 Å². The molecule has 0 aliphatic heterocycles. The zero-order valence-corrected chi connectivity index (χ0v) is 10.8. The summed E-state index contributed by atoms with van der Waals surface area (Å²) in [6.07, 6.45) is 1.12. The number of aliphatic carboxylic acids is 1. The molecular formula is C14H17NO3. The zero-order chi connectivity index (χ0) is 13.4. The van der Waals surface area contributed by atoms with Gasteiger partial charge in [0.15, 0.2) is 0 Å². The molecule has 0 saturated carbocycles. The number of carboxylic acid groups (broad SMARTS) is 1. The molecule has 2 rings (SSSR count). The highest BCUT2D eigenvalue weighted by molar-refractivity contribution is 5.87. The minimum Gasteiger partial charge on any atom is -0.480 e. The van der Waals surface area contributed by atoms with Gasteiger partial charge in [-0.3, -0.25) is 4.79 Å². The summed E-state index contributed by atoms with van der Waals surface area (Å²) >= 11 is 0. The number of fused-ring (bicyclic) bond motifs is 1. The quantitative estimate of drug-likeness (QED) is 0.875. The average molecular weight is 247 g/mol. The van der Waals surface area contributed by atoms with E-state index in [4.69, 9.17) is 5.11 Å². The Bertz CT molecular complexity index is 611. The van der Waals surface area contributed by atoms with E-state index in [1.54, 1.807) is 17.7 Å². The van der Waals surface area contributed by atoms with Gasteiger partial charge in [-0.15, -0.1) is 0 Å². The summed E-state index contributed by atoms with van der Waals surface area (Å²) in [5.74, 6) is -0.887. The third-order valence-corrected chi connectivity index (χ3v) is 3.28. The summed E-state index contributed by atoms with van der Waals surface area (Å²) in [5, 5.41) is 19.6. The Balaban J connectivity index is 2.72. The number of rotatable bonds is 3. The number of aliphatic hydroxyl groups is 1. The highest BCUT2D eigenvalue weighted by Gasteiger charge is 2.14. The van der Waals surface area contributed by atoms with E-state index in [0.29, 0.717) is 0 Å². The number of benzene rings is 1. The summed E-state index contributed by atoms with van der Waals surface area (Å²) in [4.78, 5) is 10.9. The van der Waals surface area contributed by atoms with Gasteiger partial charge in [0.1, 0.15) is 6.54 Å². The van der Waals surface area contributed by atoms with Gasteiger partial charge in [-0.1, -0.05) is 0 Å². The maximum absolute atomic E-state index is 10.9. The van der Waals surface area contributed by atoms with Crippen LogP contribution in [-0.2, 0) is 11.3 Å². The third-order valence-electron chi connectivity index (χ3n) is 3.28. The number of carbonyl (C=O) groups is 1. The highest BCUT2D eigenvalue weighted by atomic mass is 16.4. The molecule has 0 saturated heterocycles. The Morgan fingerprint density at radius 2 is 1.94 bits per heavy atom. The molecule has 4 heteroatoms. The first kappa shape index (κ1) is 12.6. The van der Waals surface area contributed by atoms with Crippen LogP contribution in [0, 0.1) is 13.8 Å². The van der Waals surface area contributed by atoms with Crippen LogP contribution in [0.25, 0.3) is 10.9 Å². The fraction of sp³-hybridized carbons (Fsp3) is 0.357. The van der Waals surface area contributed by atoms with Crippen molar-refractivity contribution in [1.82, 2.24) is 4.57 Å². The van der Waals surface area contributed by atoms with Crippen molar-refractivity contribution in [1.29, 1.82) is 0 Å². The lowest BCUT2D eigenvalue weighted by atomic mass is 10.0. The van der Waals surface area contributed by atoms with Crippen molar-refractivity contribution in [2.75, 3.05) is 0 Å². The van der Waals surface area contributed by atoms with Gasteiger partial charge in [-0.25, -0.2) is 0 Å².